The second-order valence-electron chi connectivity index (χ2n) is 6.69. The minimum absolute atomic E-state index is 0.0255. The molecule has 29 heavy (non-hydrogen) atoms. The van der Waals surface area contributed by atoms with E-state index in [1.807, 2.05) is 47.4 Å². The molecule has 1 aliphatic rings. The summed E-state index contributed by atoms with van der Waals surface area (Å²) in [6.07, 6.45) is 0. The van der Waals surface area contributed by atoms with Gasteiger partial charge in [-0.1, -0.05) is 23.7 Å². The van der Waals surface area contributed by atoms with Crippen molar-refractivity contribution in [2.45, 2.75) is 6.54 Å². The molecule has 0 radical (unpaired) electrons. The number of piperazine rings is 1. The van der Waals surface area contributed by atoms with Crippen molar-refractivity contribution in [3.05, 3.63) is 53.6 Å². The zero-order chi connectivity index (χ0) is 20.2. The van der Waals surface area contributed by atoms with E-state index in [1.165, 1.54) is 4.80 Å². The van der Waals surface area contributed by atoms with Gasteiger partial charge in [-0.25, -0.2) is 0 Å². The van der Waals surface area contributed by atoms with E-state index in [9.17, 15) is 4.79 Å². The van der Waals surface area contributed by atoms with Gasteiger partial charge in [0.1, 0.15) is 12.3 Å². The summed E-state index contributed by atoms with van der Waals surface area (Å²) in [5.41, 5.74) is 1.82. The van der Waals surface area contributed by atoms with Gasteiger partial charge in [0.05, 0.1) is 12.1 Å². The molecule has 2 aromatic carbocycles. The van der Waals surface area contributed by atoms with Crippen LogP contribution >= 0.6 is 11.6 Å². The summed E-state index contributed by atoms with van der Waals surface area (Å²) in [5.74, 6) is 1.22. The number of benzene rings is 2. The smallest absolute Gasteiger partial charge is 0.246 e. The first-order chi connectivity index (χ1) is 14.1. The van der Waals surface area contributed by atoms with Crippen LogP contribution in [0.15, 0.2) is 48.5 Å². The van der Waals surface area contributed by atoms with Crippen LogP contribution in [-0.2, 0) is 11.3 Å². The molecule has 0 atom stereocenters. The second kappa shape index (κ2) is 8.48. The van der Waals surface area contributed by atoms with E-state index >= 15 is 0 Å². The highest BCUT2D eigenvalue weighted by atomic mass is 35.5. The Labute approximate surface area is 173 Å². The molecule has 0 bridgehead atoms. The van der Waals surface area contributed by atoms with Crippen molar-refractivity contribution in [3.63, 3.8) is 0 Å². The fraction of sp³-hybridized carbons (Fsp3) is 0.300. The minimum atomic E-state index is -0.0255. The van der Waals surface area contributed by atoms with Crippen LogP contribution in [-0.4, -0.2) is 64.3 Å². The molecule has 1 fully saturated rings. The van der Waals surface area contributed by atoms with E-state index in [2.05, 4.69) is 20.3 Å². The number of aromatic nitrogens is 4. The van der Waals surface area contributed by atoms with E-state index in [1.54, 1.807) is 13.2 Å². The normalized spacial score (nSPS) is 14.1. The van der Waals surface area contributed by atoms with E-state index < -0.39 is 0 Å². The van der Waals surface area contributed by atoms with Crippen LogP contribution in [0.4, 0.5) is 5.69 Å². The van der Waals surface area contributed by atoms with Crippen LogP contribution in [0, 0.1) is 0 Å². The third-order valence-corrected chi connectivity index (χ3v) is 5.24. The van der Waals surface area contributed by atoms with Gasteiger partial charge in [0.15, 0.2) is 0 Å². The van der Waals surface area contributed by atoms with Crippen LogP contribution in [0.2, 0.25) is 5.02 Å². The predicted octanol–water partition coefficient (Wildman–Crippen LogP) is 2.35. The molecule has 9 heteroatoms. The molecule has 0 aliphatic carbocycles. The second-order valence-corrected chi connectivity index (χ2v) is 7.10. The first-order valence-corrected chi connectivity index (χ1v) is 9.71. The summed E-state index contributed by atoms with van der Waals surface area (Å²) in [5, 5.41) is 12.9. The molecule has 1 aliphatic heterocycles. The lowest BCUT2D eigenvalue weighted by molar-refractivity contribution is -0.132. The van der Waals surface area contributed by atoms with Gasteiger partial charge in [-0.05, 0) is 41.6 Å². The number of carbonyl (C=O) groups is 1. The van der Waals surface area contributed by atoms with E-state index in [4.69, 9.17) is 16.3 Å². The van der Waals surface area contributed by atoms with Crippen molar-refractivity contribution in [2.75, 3.05) is 38.2 Å². The summed E-state index contributed by atoms with van der Waals surface area (Å²) in [4.78, 5) is 18.0. The molecular formula is C20H21ClN6O2. The van der Waals surface area contributed by atoms with Crippen molar-refractivity contribution < 1.29 is 9.53 Å². The highest BCUT2D eigenvalue weighted by molar-refractivity contribution is 6.33. The SMILES string of the molecule is COc1ccc(N2CCN(C(=O)Cn3nnc(-c4ccccc4Cl)n3)CC2)cc1. The molecule has 1 aromatic heterocycles. The van der Waals surface area contributed by atoms with Gasteiger partial charge < -0.3 is 14.5 Å². The van der Waals surface area contributed by atoms with Crippen LogP contribution in [0.3, 0.4) is 0 Å². The lowest BCUT2D eigenvalue weighted by Gasteiger charge is -2.36. The van der Waals surface area contributed by atoms with Crippen LogP contribution in [0.5, 0.6) is 5.75 Å². The van der Waals surface area contributed by atoms with Gasteiger partial charge in [0, 0.05) is 37.4 Å². The van der Waals surface area contributed by atoms with Crippen molar-refractivity contribution in [1.29, 1.82) is 0 Å². The third kappa shape index (κ3) is 4.32. The number of tetrazole rings is 1. The molecule has 2 heterocycles. The molecule has 1 saturated heterocycles. The Balaban J connectivity index is 1.34. The maximum absolute atomic E-state index is 12.6. The number of halogens is 1. The number of nitrogens with zero attached hydrogens (tertiary/aromatic N) is 6. The molecule has 8 nitrogen and oxygen atoms in total. The van der Waals surface area contributed by atoms with Gasteiger partial charge in [0.25, 0.3) is 0 Å². The summed E-state index contributed by atoms with van der Waals surface area (Å²) < 4.78 is 5.20. The van der Waals surface area contributed by atoms with E-state index in [0.29, 0.717) is 29.5 Å². The number of ether oxygens (including phenoxy) is 1. The van der Waals surface area contributed by atoms with E-state index in [-0.39, 0.29) is 12.5 Å². The highest BCUT2D eigenvalue weighted by Gasteiger charge is 2.22. The Morgan fingerprint density at radius 3 is 2.48 bits per heavy atom. The van der Waals surface area contributed by atoms with Crippen molar-refractivity contribution >= 4 is 23.2 Å². The van der Waals surface area contributed by atoms with Gasteiger partial charge in [-0.15, -0.1) is 10.2 Å². The average molecular weight is 413 g/mol. The number of hydrogen-bond donors (Lipinski definition) is 0. The first-order valence-electron chi connectivity index (χ1n) is 9.33. The number of hydrogen-bond acceptors (Lipinski definition) is 6. The van der Waals surface area contributed by atoms with Crippen molar-refractivity contribution in [3.8, 4) is 17.1 Å². The van der Waals surface area contributed by atoms with Gasteiger partial charge in [-0.3, -0.25) is 4.79 Å². The summed E-state index contributed by atoms with van der Waals surface area (Å²) in [6, 6.07) is 15.2. The maximum atomic E-state index is 12.6. The summed E-state index contributed by atoms with van der Waals surface area (Å²) >= 11 is 6.17. The fourth-order valence-electron chi connectivity index (χ4n) is 3.29. The summed E-state index contributed by atoms with van der Waals surface area (Å²) in [6.45, 7) is 2.90. The van der Waals surface area contributed by atoms with Crippen molar-refractivity contribution in [2.24, 2.45) is 0 Å². The predicted molar refractivity (Wildman–Crippen MR) is 110 cm³/mol. The Morgan fingerprint density at radius 1 is 1.07 bits per heavy atom. The molecule has 0 saturated carbocycles. The Morgan fingerprint density at radius 2 is 1.79 bits per heavy atom. The molecule has 150 valence electrons. The van der Waals surface area contributed by atoms with Crippen LogP contribution in [0.25, 0.3) is 11.4 Å². The lowest BCUT2D eigenvalue weighted by Crippen LogP contribution is -2.49. The highest BCUT2D eigenvalue weighted by Crippen LogP contribution is 2.24. The molecule has 0 unspecified atom stereocenters. The lowest BCUT2D eigenvalue weighted by atomic mass is 10.2. The van der Waals surface area contributed by atoms with Gasteiger partial charge >= 0.3 is 0 Å². The molecule has 0 spiro atoms. The monoisotopic (exact) mass is 412 g/mol. The summed E-state index contributed by atoms with van der Waals surface area (Å²) in [7, 11) is 1.65. The molecule has 4 rings (SSSR count). The maximum Gasteiger partial charge on any atom is 0.246 e. The Hall–Kier alpha value is -3.13. The largest absolute Gasteiger partial charge is 0.497 e. The standard InChI is InChI=1S/C20H21ClN6O2/c1-29-16-8-6-15(7-9-16)25-10-12-26(13-11-25)19(28)14-27-23-20(22-24-27)17-4-2-3-5-18(17)21/h2-9H,10-14H2,1H3. The number of anilines is 1. The zero-order valence-corrected chi connectivity index (χ0v) is 16.8. The topological polar surface area (TPSA) is 76.4 Å². The minimum Gasteiger partial charge on any atom is -0.497 e. The average Bonchev–Trinajstić information content (AvgIpc) is 3.22. The molecular weight excluding hydrogens is 392 g/mol. The number of rotatable bonds is 5. The fourth-order valence-corrected chi connectivity index (χ4v) is 3.51. The Bertz CT molecular complexity index is 983. The Kier molecular flexibility index (Phi) is 5.62. The van der Waals surface area contributed by atoms with Crippen molar-refractivity contribution in [1.82, 2.24) is 25.1 Å². The first kappa shape index (κ1) is 19.2. The number of amides is 1. The third-order valence-electron chi connectivity index (χ3n) is 4.91. The van der Waals surface area contributed by atoms with Crippen LogP contribution in [0.1, 0.15) is 0 Å². The van der Waals surface area contributed by atoms with Crippen LogP contribution < -0.4 is 9.64 Å². The number of carbonyl (C=O) groups excluding carboxylic acids is 1. The quantitative estimate of drug-likeness (QED) is 0.640. The zero-order valence-electron chi connectivity index (χ0n) is 16.0. The van der Waals surface area contributed by atoms with E-state index in [0.717, 1.165) is 24.5 Å². The van der Waals surface area contributed by atoms with Gasteiger partial charge in [0.2, 0.25) is 11.7 Å². The molecule has 1 amide bonds. The molecule has 3 aromatic rings. The number of methoxy groups -OCH3 is 1. The molecule has 0 N–H and O–H groups in total. The van der Waals surface area contributed by atoms with Gasteiger partial charge in [-0.2, -0.15) is 4.80 Å².